The quantitative estimate of drug-likeness (QED) is 0.613. The van der Waals surface area contributed by atoms with Crippen molar-refractivity contribution in [2.75, 3.05) is 18.5 Å². The molecule has 0 atom stereocenters. The molecule has 0 aliphatic carbocycles. The molecule has 1 N–H and O–H groups in total. The molecule has 1 heterocycles. The largest absolute Gasteiger partial charge is 0.377 e. The van der Waals surface area contributed by atoms with Crippen LogP contribution < -0.4 is 5.32 Å². The van der Waals surface area contributed by atoms with Gasteiger partial charge in [0.2, 0.25) is 0 Å². The molecule has 0 amide bonds. The maximum Gasteiger partial charge on any atom is 0.313 e. The van der Waals surface area contributed by atoms with Crippen molar-refractivity contribution in [3.8, 4) is 0 Å². The minimum absolute atomic E-state index is 0.0593. The highest BCUT2D eigenvalue weighted by Crippen LogP contribution is 2.27. The summed E-state index contributed by atoms with van der Waals surface area (Å²) in [5.41, 5.74) is 1.23. The predicted octanol–water partition coefficient (Wildman–Crippen LogP) is 1.99. The number of pyridine rings is 1. The second-order valence-corrected chi connectivity index (χ2v) is 3.12. The average molecular weight is 213 g/mol. The van der Waals surface area contributed by atoms with Gasteiger partial charge < -0.3 is 5.32 Å². The van der Waals surface area contributed by atoms with Crippen LogP contribution in [0.4, 0.5) is 15.8 Å². The highest BCUT2D eigenvalue weighted by Gasteiger charge is 2.18. The van der Waals surface area contributed by atoms with E-state index in [0.717, 1.165) is 0 Å². The summed E-state index contributed by atoms with van der Waals surface area (Å²) in [4.78, 5) is 14.2. The van der Waals surface area contributed by atoms with E-state index in [2.05, 4.69) is 10.3 Å². The summed E-state index contributed by atoms with van der Waals surface area (Å²) < 4.78 is 12.0. The number of halogens is 1. The summed E-state index contributed by atoms with van der Waals surface area (Å²) in [7, 11) is 0. The van der Waals surface area contributed by atoms with E-state index in [9.17, 15) is 14.5 Å². The van der Waals surface area contributed by atoms with Gasteiger partial charge in [0.05, 0.1) is 4.92 Å². The molecular formula is C9H12FN3O2. The molecule has 0 saturated carbocycles. The Morgan fingerprint density at radius 1 is 1.60 bits per heavy atom. The van der Waals surface area contributed by atoms with Crippen LogP contribution in [0.3, 0.4) is 0 Å². The molecule has 0 unspecified atom stereocenters. The van der Waals surface area contributed by atoms with Crippen molar-refractivity contribution >= 4 is 11.4 Å². The molecule has 0 saturated heterocycles. The third-order valence-corrected chi connectivity index (χ3v) is 1.89. The molecule has 0 spiro atoms. The van der Waals surface area contributed by atoms with E-state index in [1.807, 2.05) is 0 Å². The van der Waals surface area contributed by atoms with Crippen LogP contribution in [0.2, 0.25) is 0 Å². The van der Waals surface area contributed by atoms with Crippen molar-refractivity contribution in [1.82, 2.24) is 4.98 Å². The van der Waals surface area contributed by atoms with E-state index in [4.69, 9.17) is 0 Å². The van der Waals surface area contributed by atoms with Crippen LogP contribution in [0, 0.1) is 24.0 Å². The standard InChI is InChI=1S/C9H12FN3O2/c1-6-5-8(11-4-3-10)9(13(14)15)7(2)12-6/h5H,3-4H2,1-2H3,(H,11,12). The van der Waals surface area contributed by atoms with E-state index < -0.39 is 11.6 Å². The maximum atomic E-state index is 12.0. The molecule has 82 valence electrons. The van der Waals surface area contributed by atoms with Crippen LogP contribution in [0.1, 0.15) is 11.4 Å². The highest BCUT2D eigenvalue weighted by atomic mass is 19.1. The zero-order valence-corrected chi connectivity index (χ0v) is 8.58. The molecule has 0 radical (unpaired) electrons. The first-order valence-corrected chi connectivity index (χ1v) is 4.48. The van der Waals surface area contributed by atoms with E-state index >= 15 is 0 Å². The lowest BCUT2D eigenvalue weighted by Gasteiger charge is -2.07. The van der Waals surface area contributed by atoms with Crippen LogP contribution in [-0.4, -0.2) is 23.1 Å². The fourth-order valence-corrected chi connectivity index (χ4v) is 1.37. The minimum Gasteiger partial charge on any atom is -0.377 e. The molecule has 6 heteroatoms. The average Bonchev–Trinajstić information content (AvgIpc) is 2.12. The summed E-state index contributed by atoms with van der Waals surface area (Å²) in [6, 6.07) is 1.54. The second-order valence-electron chi connectivity index (χ2n) is 3.12. The molecule has 0 fully saturated rings. The molecule has 1 rings (SSSR count). The topological polar surface area (TPSA) is 68.1 Å². The van der Waals surface area contributed by atoms with Gasteiger partial charge in [0.15, 0.2) is 0 Å². The van der Waals surface area contributed by atoms with Crippen LogP contribution in [0.15, 0.2) is 6.07 Å². The second kappa shape index (κ2) is 4.68. The monoisotopic (exact) mass is 213 g/mol. The molecule has 1 aromatic heterocycles. The smallest absolute Gasteiger partial charge is 0.313 e. The van der Waals surface area contributed by atoms with Gasteiger partial charge in [0.1, 0.15) is 18.1 Å². The predicted molar refractivity (Wildman–Crippen MR) is 54.8 cm³/mol. The van der Waals surface area contributed by atoms with Gasteiger partial charge >= 0.3 is 5.69 Å². The number of nitrogens with zero attached hydrogens (tertiary/aromatic N) is 2. The van der Waals surface area contributed by atoms with Gasteiger partial charge in [-0.25, -0.2) is 4.39 Å². The van der Waals surface area contributed by atoms with E-state index in [0.29, 0.717) is 17.1 Å². The van der Waals surface area contributed by atoms with Gasteiger partial charge in [0.25, 0.3) is 0 Å². The van der Waals surface area contributed by atoms with Crippen molar-refractivity contribution in [2.45, 2.75) is 13.8 Å². The third kappa shape index (κ3) is 2.61. The van der Waals surface area contributed by atoms with Gasteiger partial charge in [-0.15, -0.1) is 0 Å². The van der Waals surface area contributed by atoms with Gasteiger partial charge in [-0.2, -0.15) is 0 Å². The molecule has 0 aliphatic rings. The van der Waals surface area contributed by atoms with Crippen LogP contribution in [-0.2, 0) is 0 Å². The van der Waals surface area contributed by atoms with Crippen LogP contribution in [0.5, 0.6) is 0 Å². The number of rotatable bonds is 4. The van der Waals surface area contributed by atoms with Gasteiger partial charge in [-0.05, 0) is 19.9 Å². The molecule has 0 aromatic carbocycles. The van der Waals surface area contributed by atoms with E-state index in [-0.39, 0.29) is 12.2 Å². The van der Waals surface area contributed by atoms with Crippen molar-refractivity contribution in [3.05, 3.63) is 27.6 Å². The molecule has 1 aromatic rings. The first-order chi connectivity index (χ1) is 7.06. The van der Waals surface area contributed by atoms with Crippen molar-refractivity contribution in [2.24, 2.45) is 0 Å². The van der Waals surface area contributed by atoms with Crippen molar-refractivity contribution in [1.29, 1.82) is 0 Å². The molecule has 15 heavy (non-hydrogen) atoms. The Hall–Kier alpha value is -1.72. The summed E-state index contributed by atoms with van der Waals surface area (Å²) in [6.45, 7) is 2.78. The molecule has 0 aliphatic heterocycles. The summed E-state index contributed by atoms with van der Waals surface area (Å²) in [5, 5.41) is 13.4. The van der Waals surface area contributed by atoms with Crippen molar-refractivity contribution in [3.63, 3.8) is 0 Å². The summed E-state index contributed by atoms with van der Waals surface area (Å²) in [5.74, 6) is 0. The van der Waals surface area contributed by atoms with E-state index in [1.54, 1.807) is 19.9 Å². The van der Waals surface area contributed by atoms with Crippen LogP contribution >= 0.6 is 0 Å². The number of hydrogen-bond acceptors (Lipinski definition) is 4. The van der Waals surface area contributed by atoms with Crippen molar-refractivity contribution < 1.29 is 9.31 Å². The Balaban J connectivity index is 3.14. The SMILES string of the molecule is Cc1cc(NCCF)c([N+](=O)[O-])c(C)n1. The lowest BCUT2D eigenvalue weighted by molar-refractivity contribution is -0.384. The first-order valence-electron chi connectivity index (χ1n) is 4.48. The zero-order chi connectivity index (χ0) is 11.4. The number of hydrogen-bond donors (Lipinski definition) is 1. The normalized spacial score (nSPS) is 10.1. The fourth-order valence-electron chi connectivity index (χ4n) is 1.37. The number of anilines is 1. The van der Waals surface area contributed by atoms with Gasteiger partial charge in [0, 0.05) is 12.2 Å². The Bertz CT molecular complexity index is 382. The Labute approximate surface area is 86.5 Å². The van der Waals surface area contributed by atoms with Gasteiger partial charge in [-0.1, -0.05) is 0 Å². The molecule has 0 bridgehead atoms. The fraction of sp³-hybridized carbons (Fsp3) is 0.444. The number of aromatic nitrogens is 1. The minimum atomic E-state index is -0.572. The van der Waals surface area contributed by atoms with Gasteiger partial charge in [-0.3, -0.25) is 15.1 Å². The maximum absolute atomic E-state index is 12.0. The lowest BCUT2D eigenvalue weighted by Crippen LogP contribution is -2.08. The number of nitrogens with one attached hydrogen (secondary N) is 1. The highest BCUT2D eigenvalue weighted by molar-refractivity contribution is 5.64. The number of aryl methyl sites for hydroxylation is 2. The lowest BCUT2D eigenvalue weighted by atomic mass is 10.2. The number of nitro groups is 1. The summed E-state index contributed by atoms with van der Waals surface area (Å²) in [6.07, 6.45) is 0. The van der Waals surface area contributed by atoms with E-state index in [1.165, 1.54) is 0 Å². The summed E-state index contributed by atoms with van der Waals surface area (Å²) >= 11 is 0. The van der Waals surface area contributed by atoms with Crippen LogP contribution in [0.25, 0.3) is 0 Å². The first kappa shape index (κ1) is 11.4. The Morgan fingerprint density at radius 3 is 2.80 bits per heavy atom. The molecular weight excluding hydrogens is 201 g/mol. The Morgan fingerprint density at radius 2 is 2.27 bits per heavy atom. The third-order valence-electron chi connectivity index (χ3n) is 1.89. The number of alkyl halides is 1. The Kier molecular flexibility index (Phi) is 3.54. The zero-order valence-electron chi connectivity index (χ0n) is 8.58. The molecule has 5 nitrogen and oxygen atoms in total.